The fourth-order valence-electron chi connectivity index (χ4n) is 2.49. The van der Waals surface area contributed by atoms with Gasteiger partial charge in [-0.05, 0) is 41.3 Å². The zero-order valence-electron chi connectivity index (χ0n) is 14.7. The third-order valence-corrected chi connectivity index (χ3v) is 5.35. The second-order valence-electron chi connectivity index (χ2n) is 7.15. The van der Waals surface area contributed by atoms with Gasteiger partial charge in [-0.25, -0.2) is 8.42 Å². The number of rotatable bonds is 6. The van der Waals surface area contributed by atoms with E-state index in [4.69, 9.17) is 9.47 Å². The van der Waals surface area contributed by atoms with Gasteiger partial charge in [-0.2, -0.15) is 0 Å². The van der Waals surface area contributed by atoms with Crippen LogP contribution in [-0.2, 0) is 20.2 Å². The maximum atomic E-state index is 12.9. The van der Waals surface area contributed by atoms with Gasteiger partial charge in [-0.3, -0.25) is 4.72 Å². The van der Waals surface area contributed by atoms with Gasteiger partial charge in [0.1, 0.15) is 18.5 Å². The fourth-order valence-corrected chi connectivity index (χ4v) is 3.95. The molecule has 5 nitrogen and oxygen atoms in total. The third kappa shape index (κ3) is 4.52. The van der Waals surface area contributed by atoms with E-state index in [2.05, 4.69) is 4.72 Å². The van der Waals surface area contributed by atoms with E-state index in [1.54, 1.807) is 36.4 Å². The summed E-state index contributed by atoms with van der Waals surface area (Å²) in [6, 6.07) is 14.0. The van der Waals surface area contributed by atoms with Gasteiger partial charge in [-0.1, -0.05) is 39.0 Å². The van der Waals surface area contributed by atoms with Crippen molar-refractivity contribution in [1.82, 2.24) is 0 Å². The van der Waals surface area contributed by atoms with Crippen LogP contribution in [0.4, 0.5) is 5.69 Å². The molecule has 0 aliphatic carbocycles. The van der Waals surface area contributed by atoms with Gasteiger partial charge in [0.2, 0.25) is 0 Å². The maximum Gasteiger partial charge on any atom is 0.262 e. The highest BCUT2D eigenvalue weighted by molar-refractivity contribution is 7.92. The van der Waals surface area contributed by atoms with Gasteiger partial charge >= 0.3 is 0 Å². The summed E-state index contributed by atoms with van der Waals surface area (Å²) in [7, 11) is -3.69. The van der Waals surface area contributed by atoms with Crippen molar-refractivity contribution >= 4 is 15.7 Å². The number of nitrogens with one attached hydrogen (secondary N) is 1. The fraction of sp³-hybridized carbons (Fsp3) is 0.368. The molecule has 0 amide bonds. The number of para-hydroxylation sites is 1. The van der Waals surface area contributed by atoms with Crippen molar-refractivity contribution in [2.75, 3.05) is 17.9 Å². The zero-order valence-corrected chi connectivity index (χ0v) is 15.5. The summed E-state index contributed by atoms with van der Waals surface area (Å²) < 4.78 is 39.3. The second-order valence-corrected chi connectivity index (χ2v) is 8.80. The predicted octanol–water partition coefficient (Wildman–Crippen LogP) is 3.56. The molecular weight excluding hydrogens is 338 g/mol. The van der Waals surface area contributed by atoms with Gasteiger partial charge in [0, 0.05) is 5.69 Å². The van der Waals surface area contributed by atoms with Gasteiger partial charge < -0.3 is 9.47 Å². The molecular formula is C19H23NO4S. The Kier molecular flexibility index (Phi) is 4.75. The molecule has 2 aromatic rings. The molecule has 1 aliphatic rings. The van der Waals surface area contributed by atoms with Crippen LogP contribution in [0.5, 0.6) is 5.75 Å². The van der Waals surface area contributed by atoms with Crippen molar-refractivity contribution in [3.63, 3.8) is 0 Å². The van der Waals surface area contributed by atoms with Crippen LogP contribution < -0.4 is 9.46 Å². The number of benzene rings is 2. The Balaban J connectivity index is 1.93. The van der Waals surface area contributed by atoms with Crippen molar-refractivity contribution in [3.05, 3.63) is 54.1 Å². The minimum atomic E-state index is -3.69. The summed E-state index contributed by atoms with van der Waals surface area (Å²) in [5.74, 6) is 0.652. The van der Waals surface area contributed by atoms with Gasteiger partial charge in [0.15, 0.2) is 0 Å². The first-order valence-electron chi connectivity index (χ1n) is 8.22. The monoisotopic (exact) mass is 361 g/mol. The van der Waals surface area contributed by atoms with E-state index < -0.39 is 10.0 Å². The molecule has 1 unspecified atom stereocenters. The Labute approximate surface area is 149 Å². The van der Waals surface area contributed by atoms with Crippen LogP contribution >= 0.6 is 0 Å². The summed E-state index contributed by atoms with van der Waals surface area (Å²) in [4.78, 5) is 0.263. The first-order chi connectivity index (χ1) is 11.8. The lowest BCUT2D eigenvalue weighted by Crippen LogP contribution is -2.21. The van der Waals surface area contributed by atoms with Crippen LogP contribution in [0.2, 0.25) is 0 Å². The van der Waals surface area contributed by atoms with Crippen LogP contribution in [0.25, 0.3) is 0 Å². The zero-order chi connectivity index (χ0) is 18.1. The molecule has 1 atom stereocenters. The normalized spacial score (nSPS) is 17.2. The van der Waals surface area contributed by atoms with Crippen molar-refractivity contribution in [1.29, 1.82) is 0 Å². The third-order valence-electron chi connectivity index (χ3n) is 3.91. The molecule has 1 heterocycles. The molecule has 3 rings (SSSR count). The smallest absolute Gasteiger partial charge is 0.262 e. The molecule has 1 aliphatic heterocycles. The molecule has 0 bridgehead atoms. The first-order valence-corrected chi connectivity index (χ1v) is 9.71. The minimum Gasteiger partial charge on any atom is -0.491 e. The number of hydrogen-bond donors (Lipinski definition) is 1. The summed E-state index contributed by atoms with van der Waals surface area (Å²) in [5, 5.41) is 0. The van der Waals surface area contributed by atoms with Crippen molar-refractivity contribution in [3.8, 4) is 5.75 Å². The molecule has 6 heteroatoms. The second kappa shape index (κ2) is 6.69. The standard InChI is InChI=1S/C19H23NO4S/c1-19(2,3)17-11-15(23-12-16-13-24-16)9-10-18(17)25(21,22)20-14-7-5-4-6-8-14/h4-11,16,20H,12-13H2,1-3H3. The summed E-state index contributed by atoms with van der Waals surface area (Å²) in [6.07, 6.45) is 0.154. The van der Waals surface area contributed by atoms with E-state index >= 15 is 0 Å². The molecule has 0 aromatic heterocycles. The Morgan fingerprint density at radius 3 is 2.44 bits per heavy atom. The van der Waals surface area contributed by atoms with E-state index in [1.807, 2.05) is 32.9 Å². The number of sulfonamides is 1. The molecule has 1 saturated heterocycles. The number of epoxide rings is 1. The Hall–Kier alpha value is -2.05. The average molecular weight is 361 g/mol. The van der Waals surface area contributed by atoms with Gasteiger partial charge in [0.05, 0.1) is 11.5 Å². The highest BCUT2D eigenvalue weighted by Crippen LogP contribution is 2.33. The predicted molar refractivity (Wildman–Crippen MR) is 97.6 cm³/mol. The molecule has 0 spiro atoms. The minimum absolute atomic E-state index is 0.154. The largest absolute Gasteiger partial charge is 0.491 e. The van der Waals surface area contributed by atoms with E-state index in [-0.39, 0.29) is 16.4 Å². The quantitative estimate of drug-likeness (QED) is 0.799. The molecule has 25 heavy (non-hydrogen) atoms. The lowest BCUT2D eigenvalue weighted by atomic mass is 9.87. The number of ether oxygens (including phenoxy) is 2. The van der Waals surface area contributed by atoms with Crippen molar-refractivity contribution in [2.24, 2.45) is 0 Å². The Morgan fingerprint density at radius 1 is 1.16 bits per heavy atom. The highest BCUT2D eigenvalue weighted by atomic mass is 32.2. The lowest BCUT2D eigenvalue weighted by molar-refractivity contribution is 0.262. The lowest BCUT2D eigenvalue weighted by Gasteiger charge is -2.24. The maximum absolute atomic E-state index is 12.9. The Bertz CT molecular complexity index is 837. The van der Waals surface area contributed by atoms with E-state index in [9.17, 15) is 8.42 Å². The molecule has 1 N–H and O–H groups in total. The van der Waals surface area contributed by atoms with Crippen LogP contribution in [-0.4, -0.2) is 27.7 Å². The molecule has 1 fully saturated rings. The highest BCUT2D eigenvalue weighted by Gasteiger charge is 2.27. The van der Waals surface area contributed by atoms with Gasteiger partial charge in [-0.15, -0.1) is 0 Å². The molecule has 2 aromatic carbocycles. The number of anilines is 1. The average Bonchev–Trinajstić information content (AvgIpc) is 3.37. The van der Waals surface area contributed by atoms with Crippen LogP contribution in [0.15, 0.2) is 53.4 Å². The number of hydrogen-bond acceptors (Lipinski definition) is 4. The SMILES string of the molecule is CC(C)(C)c1cc(OCC2CO2)ccc1S(=O)(=O)Nc1ccccc1. The van der Waals surface area contributed by atoms with Crippen LogP contribution in [0, 0.1) is 0 Å². The topological polar surface area (TPSA) is 67.9 Å². The molecule has 0 saturated carbocycles. The molecule has 134 valence electrons. The molecule has 0 radical (unpaired) electrons. The van der Waals surface area contributed by atoms with Crippen LogP contribution in [0.3, 0.4) is 0 Å². The van der Waals surface area contributed by atoms with Crippen molar-refractivity contribution in [2.45, 2.75) is 37.2 Å². The first kappa shape index (κ1) is 17.8. The van der Waals surface area contributed by atoms with E-state index in [1.165, 1.54) is 0 Å². The van der Waals surface area contributed by atoms with E-state index in [0.29, 0.717) is 23.6 Å². The summed E-state index contributed by atoms with van der Waals surface area (Å²) in [6.45, 7) is 7.16. The van der Waals surface area contributed by atoms with Crippen molar-refractivity contribution < 1.29 is 17.9 Å². The van der Waals surface area contributed by atoms with E-state index in [0.717, 1.165) is 6.61 Å². The van der Waals surface area contributed by atoms with Crippen LogP contribution in [0.1, 0.15) is 26.3 Å². The van der Waals surface area contributed by atoms with Gasteiger partial charge in [0.25, 0.3) is 10.0 Å². The summed E-state index contributed by atoms with van der Waals surface area (Å²) >= 11 is 0. The summed E-state index contributed by atoms with van der Waals surface area (Å²) in [5.41, 5.74) is 0.898. The Morgan fingerprint density at radius 2 is 1.84 bits per heavy atom.